The van der Waals surface area contributed by atoms with Gasteiger partial charge in [-0.05, 0) is 70.8 Å². The number of carbonyl (C=O) groups excluding carboxylic acids is 1. The Labute approximate surface area is 222 Å². The minimum absolute atomic E-state index is 0.0636. The topological polar surface area (TPSA) is 90.6 Å². The lowest BCUT2D eigenvalue weighted by Gasteiger charge is -2.46. The zero-order chi connectivity index (χ0) is 26.7. The Balaban J connectivity index is 1.64. The number of benzene rings is 4. The number of ether oxygens (including phenoxy) is 1. The Morgan fingerprint density at radius 1 is 0.737 bits per heavy atom. The summed E-state index contributed by atoms with van der Waals surface area (Å²) in [6.07, 6.45) is 1.18. The fourth-order valence-electron chi connectivity index (χ4n) is 6.00. The van der Waals surface area contributed by atoms with Gasteiger partial charge in [0.1, 0.15) is 11.5 Å². The molecule has 4 atom stereocenters. The number of hydrogen-bond donors (Lipinski definition) is 2. The van der Waals surface area contributed by atoms with E-state index in [0.717, 1.165) is 27.8 Å². The van der Waals surface area contributed by atoms with Crippen LogP contribution in [0.4, 0.5) is 0 Å². The average Bonchev–Trinajstić information content (AvgIpc) is 2.97. The van der Waals surface area contributed by atoms with Crippen molar-refractivity contribution >= 4 is 5.97 Å². The fourth-order valence-corrected chi connectivity index (χ4v) is 6.00. The maximum atomic E-state index is 13.6. The van der Waals surface area contributed by atoms with Crippen LogP contribution in [-0.4, -0.2) is 23.3 Å². The lowest BCUT2D eigenvalue weighted by Crippen LogP contribution is -2.46. The standard InChI is InChI=1S/C33H29NO4/c1-38-32(37)33(21-34)30(25-5-3-2-4-6-25)19-27(24-13-17-29(36)18-14-24)20-31(33)26-9-7-22(8-10-26)23-11-15-28(35)16-12-23/h2-18,27,30-31,35-36H,19-20H2,1H3. The molecule has 0 heterocycles. The summed E-state index contributed by atoms with van der Waals surface area (Å²) >= 11 is 0. The summed E-state index contributed by atoms with van der Waals surface area (Å²) in [4.78, 5) is 13.6. The summed E-state index contributed by atoms with van der Waals surface area (Å²) in [6, 6.07) is 34.4. The van der Waals surface area contributed by atoms with Gasteiger partial charge in [0.05, 0.1) is 13.2 Å². The van der Waals surface area contributed by atoms with E-state index in [2.05, 4.69) is 6.07 Å². The number of phenols is 2. The largest absolute Gasteiger partial charge is 0.508 e. The Hall–Kier alpha value is -4.56. The molecular weight excluding hydrogens is 474 g/mol. The Morgan fingerprint density at radius 3 is 1.68 bits per heavy atom. The van der Waals surface area contributed by atoms with Crippen LogP contribution in [0.3, 0.4) is 0 Å². The Bertz CT molecular complexity index is 1440. The van der Waals surface area contributed by atoms with Crippen molar-refractivity contribution in [1.29, 1.82) is 5.26 Å². The van der Waals surface area contributed by atoms with Gasteiger partial charge in [-0.2, -0.15) is 5.26 Å². The van der Waals surface area contributed by atoms with E-state index in [1.54, 1.807) is 24.3 Å². The normalized spacial score (nSPS) is 22.8. The van der Waals surface area contributed by atoms with Gasteiger partial charge in [0, 0.05) is 11.8 Å². The highest BCUT2D eigenvalue weighted by atomic mass is 16.5. The first-order valence-electron chi connectivity index (χ1n) is 12.7. The van der Waals surface area contributed by atoms with Crippen molar-refractivity contribution in [2.24, 2.45) is 5.41 Å². The van der Waals surface area contributed by atoms with Crippen molar-refractivity contribution in [1.82, 2.24) is 0 Å². The van der Waals surface area contributed by atoms with Gasteiger partial charge < -0.3 is 14.9 Å². The number of esters is 1. The molecule has 2 N–H and O–H groups in total. The first-order chi connectivity index (χ1) is 18.5. The summed E-state index contributed by atoms with van der Waals surface area (Å²) in [5.41, 5.74) is 3.40. The predicted octanol–water partition coefficient (Wildman–Crippen LogP) is 6.89. The molecule has 1 saturated carbocycles. The van der Waals surface area contributed by atoms with Crippen molar-refractivity contribution in [3.63, 3.8) is 0 Å². The zero-order valence-corrected chi connectivity index (χ0v) is 21.1. The van der Waals surface area contributed by atoms with E-state index in [4.69, 9.17) is 4.74 Å². The van der Waals surface area contributed by atoms with Crippen molar-refractivity contribution in [2.75, 3.05) is 7.11 Å². The van der Waals surface area contributed by atoms with Gasteiger partial charge in [0.15, 0.2) is 5.41 Å². The molecule has 4 aromatic carbocycles. The fraction of sp³-hybridized carbons (Fsp3) is 0.212. The monoisotopic (exact) mass is 503 g/mol. The van der Waals surface area contributed by atoms with E-state index in [0.29, 0.717) is 12.8 Å². The maximum Gasteiger partial charge on any atom is 0.327 e. The van der Waals surface area contributed by atoms with E-state index in [-0.39, 0.29) is 17.4 Å². The van der Waals surface area contributed by atoms with Gasteiger partial charge in [-0.3, -0.25) is 4.79 Å². The lowest BCUT2D eigenvalue weighted by molar-refractivity contribution is -0.153. The first-order valence-corrected chi connectivity index (χ1v) is 12.7. The van der Waals surface area contributed by atoms with Crippen LogP contribution in [0.15, 0.2) is 103 Å². The second-order valence-corrected chi connectivity index (χ2v) is 9.92. The van der Waals surface area contributed by atoms with Crippen molar-refractivity contribution in [3.05, 3.63) is 120 Å². The third kappa shape index (κ3) is 4.50. The number of aromatic hydroxyl groups is 2. The van der Waals surface area contributed by atoms with Crippen LogP contribution in [0.2, 0.25) is 0 Å². The lowest BCUT2D eigenvalue weighted by atomic mass is 9.54. The zero-order valence-electron chi connectivity index (χ0n) is 21.1. The maximum absolute atomic E-state index is 13.6. The molecule has 190 valence electrons. The van der Waals surface area contributed by atoms with Crippen LogP contribution in [0.5, 0.6) is 11.5 Å². The number of hydrogen-bond acceptors (Lipinski definition) is 5. The molecule has 0 radical (unpaired) electrons. The number of carbonyl (C=O) groups is 1. The summed E-state index contributed by atoms with van der Waals surface area (Å²) < 4.78 is 5.33. The minimum Gasteiger partial charge on any atom is -0.508 e. The Kier molecular flexibility index (Phi) is 6.89. The van der Waals surface area contributed by atoms with Gasteiger partial charge in [0.2, 0.25) is 0 Å². The molecule has 0 aromatic heterocycles. The van der Waals surface area contributed by atoms with E-state index < -0.39 is 23.2 Å². The van der Waals surface area contributed by atoms with E-state index in [1.807, 2.05) is 78.9 Å². The number of nitriles is 1. The molecule has 1 aliphatic rings. The molecule has 0 aliphatic heterocycles. The third-order valence-corrected chi connectivity index (χ3v) is 7.93. The number of methoxy groups -OCH3 is 1. The number of rotatable bonds is 5. The molecule has 38 heavy (non-hydrogen) atoms. The minimum atomic E-state index is -1.41. The summed E-state index contributed by atoms with van der Waals surface area (Å²) in [6.45, 7) is 0. The van der Waals surface area contributed by atoms with E-state index in [1.165, 1.54) is 7.11 Å². The molecule has 5 heteroatoms. The number of phenolic OH excluding ortho intramolecular Hbond substituents is 2. The van der Waals surface area contributed by atoms with Crippen LogP contribution >= 0.6 is 0 Å². The molecule has 1 fully saturated rings. The van der Waals surface area contributed by atoms with Gasteiger partial charge in [-0.15, -0.1) is 0 Å². The van der Waals surface area contributed by atoms with Gasteiger partial charge in [0.25, 0.3) is 0 Å². The second kappa shape index (κ2) is 10.4. The highest BCUT2D eigenvalue weighted by molar-refractivity contribution is 5.83. The predicted molar refractivity (Wildman–Crippen MR) is 146 cm³/mol. The van der Waals surface area contributed by atoms with Crippen LogP contribution in [0, 0.1) is 16.7 Å². The molecule has 0 spiro atoms. The smallest absolute Gasteiger partial charge is 0.327 e. The quantitative estimate of drug-likeness (QED) is 0.289. The van der Waals surface area contributed by atoms with Crippen LogP contribution < -0.4 is 0 Å². The van der Waals surface area contributed by atoms with E-state index in [9.17, 15) is 20.3 Å². The SMILES string of the molecule is COC(=O)C1(C#N)C(c2ccccc2)CC(c2ccc(O)cc2)CC1c1ccc(-c2ccc(O)cc2)cc1. The van der Waals surface area contributed by atoms with Crippen LogP contribution in [-0.2, 0) is 9.53 Å². The van der Waals surface area contributed by atoms with Crippen molar-refractivity contribution in [3.8, 4) is 28.7 Å². The van der Waals surface area contributed by atoms with Crippen LogP contribution in [0.1, 0.15) is 47.3 Å². The summed E-state index contributed by atoms with van der Waals surface area (Å²) in [5, 5.41) is 30.3. The van der Waals surface area contributed by atoms with Crippen molar-refractivity contribution in [2.45, 2.75) is 30.6 Å². The molecule has 5 rings (SSSR count). The number of nitrogens with zero attached hydrogens (tertiary/aromatic N) is 1. The molecule has 4 aromatic rings. The molecule has 1 aliphatic carbocycles. The van der Waals surface area contributed by atoms with Gasteiger partial charge >= 0.3 is 5.97 Å². The molecule has 0 amide bonds. The third-order valence-electron chi connectivity index (χ3n) is 7.93. The first kappa shape index (κ1) is 25.1. The van der Waals surface area contributed by atoms with E-state index >= 15 is 0 Å². The molecule has 4 unspecified atom stereocenters. The Morgan fingerprint density at radius 2 is 1.18 bits per heavy atom. The molecule has 5 nitrogen and oxygen atoms in total. The molecule has 0 bridgehead atoms. The molecular formula is C33H29NO4. The average molecular weight is 504 g/mol. The highest BCUT2D eigenvalue weighted by Crippen LogP contribution is 2.59. The summed E-state index contributed by atoms with van der Waals surface area (Å²) in [5.74, 6) is -0.871. The van der Waals surface area contributed by atoms with Crippen molar-refractivity contribution < 1.29 is 19.7 Å². The second-order valence-electron chi connectivity index (χ2n) is 9.92. The van der Waals surface area contributed by atoms with Crippen LogP contribution in [0.25, 0.3) is 11.1 Å². The molecule has 0 saturated heterocycles. The van der Waals surface area contributed by atoms with Gasteiger partial charge in [-0.25, -0.2) is 0 Å². The summed E-state index contributed by atoms with van der Waals surface area (Å²) in [7, 11) is 1.35. The van der Waals surface area contributed by atoms with Gasteiger partial charge in [-0.1, -0.05) is 78.9 Å². The highest BCUT2D eigenvalue weighted by Gasteiger charge is 2.58.